The topological polar surface area (TPSA) is 30.2 Å². The van der Waals surface area contributed by atoms with Gasteiger partial charge in [0, 0.05) is 0 Å². The Hall–Kier alpha value is -3.39. The van der Waals surface area contributed by atoms with Crippen molar-refractivity contribution in [2.75, 3.05) is 0 Å². The molecule has 4 aromatic rings. The van der Waals surface area contributed by atoms with Crippen molar-refractivity contribution < 1.29 is 4.42 Å². The van der Waals surface area contributed by atoms with Crippen molar-refractivity contribution in [3.05, 3.63) is 106 Å². The standard InChI is InChI=1S/C23H16O2/c24-23-19-13-7-8-14-20(19)25-21(16-15-17-9-3-1-4-10-17)22(23)18-11-5-2-6-12-18/h1-16H/b16-15+. The Morgan fingerprint density at radius 3 is 2.08 bits per heavy atom. The van der Waals surface area contributed by atoms with Crippen molar-refractivity contribution in [1.82, 2.24) is 0 Å². The zero-order valence-electron chi connectivity index (χ0n) is 13.6. The summed E-state index contributed by atoms with van der Waals surface area (Å²) in [6.07, 6.45) is 3.82. The molecule has 0 bridgehead atoms. The summed E-state index contributed by atoms with van der Waals surface area (Å²) in [4.78, 5) is 13.1. The Bertz CT molecular complexity index is 1090. The fourth-order valence-electron chi connectivity index (χ4n) is 2.89. The molecule has 0 unspecified atom stereocenters. The lowest BCUT2D eigenvalue weighted by Crippen LogP contribution is -2.07. The lowest BCUT2D eigenvalue weighted by Gasteiger charge is -2.07. The molecular weight excluding hydrogens is 308 g/mol. The Labute approximate surface area is 145 Å². The second-order valence-electron chi connectivity index (χ2n) is 5.78. The molecule has 0 fully saturated rings. The van der Waals surface area contributed by atoms with E-state index in [1.807, 2.05) is 91.0 Å². The van der Waals surface area contributed by atoms with Gasteiger partial charge in [0.2, 0.25) is 5.43 Å². The first-order chi connectivity index (χ1) is 12.3. The van der Waals surface area contributed by atoms with E-state index < -0.39 is 0 Å². The maximum atomic E-state index is 13.1. The van der Waals surface area contributed by atoms with E-state index >= 15 is 0 Å². The van der Waals surface area contributed by atoms with E-state index in [4.69, 9.17) is 4.42 Å². The molecule has 0 saturated carbocycles. The van der Waals surface area contributed by atoms with Crippen LogP contribution in [-0.4, -0.2) is 0 Å². The van der Waals surface area contributed by atoms with Crippen molar-refractivity contribution in [2.24, 2.45) is 0 Å². The first-order valence-electron chi connectivity index (χ1n) is 8.17. The highest BCUT2D eigenvalue weighted by atomic mass is 16.3. The summed E-state index contributed by atoms with van der Waals surface area (Å²) in [6.45, 7) is 0. The van der Waals surface area contributed by atoms with Crippen LogP contribution in [0.2, 0.25) is 0 Å². The van der Waals surface area contributed by atoms with Crippen LogP contribution in [0.1, 0.15) is 11.3 Å². The predicted molar refractivity (Wildman–Crippen MR) is 103 cm³/mol. The molecule has 0 atom stereocenters. The zero-order chi connectivity index (χ0) is 17.1. The second kappa shape index (κ2) is 6.62. The Morgan fingerprint density at radius 2 is 1.32 bits per heavy atom. The van der Waals surface area contributed by atoms with Crippen LogP contribution in [-0.2, 0) is 0 Å². The van der Waals surface area contributed by atoms with Gasteiger partial charge in [0.15, 0.2) is 0 Å². The maximum Gasteiger partial charge on any atom is 0.201 e. The van der Waals surface area contributed by atoms with E-state index in [1.54, 1.807) is 6.07 Å². The van der Waals surface area contributed by atoms with E-state index in [9.17, 15) is 4.79 Å². The van der Waals surface area contributed by atoms with Gasteiger partial charge >= 0.3 is 0 Å². The van der Waals surface area contributed by atoms with Crippen LogP contribution in [0.15, 0.2) is 94.1 Å². The summed E-state index contributed by atoms with van der Waals surface area (Å²) in [7, 11) is 0. The number of benzene rings is 3. The molecule has 1 aromatic heterocycles. The van der Waals surface area contributed by atoms with Crippen LogP contribution >= 0.6 is 0 Å². The monoisotopic (exact) mass is 324 g/mol. The molecule has 3 aromatic carbocycles. The smallest absolute Gasteiger partial charge is 0.201 e. The van der Waals surface area contributed by atoms with Gasteiger partial charge in [0.1, 0.15) is 11.3 Å². The van der Waals surface area contributed by atoms with Gasteiger partial charge in [-0.25, -0.2) is 0 Å². The summed E-state index contributed by atoms with van der Waals surface area (Å²) >= 11 is 0. The summed E-state index contributed by atoms with van der Waals surface area (Å²) in [5, 5.41) is 0.596. The van der Waals surface area contributed by atoms with Gasteiger partial charge in [-0.1, -0.05) is 78.9 Å². The van der Waals surface area contributed by atoms with Crippen molar-refractivity contribution in [3.63, 3.8) is 0 Å². The van der Waals surface area contributed by atoms with Gasteiger partial charge in [-0.05, 0) is 29.3 Å². The lowest BCUT2D eigenvalue weighted by atomic mass is 10.0. The Balaban J connectivity index is 1.96. The van der Waals surface area contributed by atoms with Crippen molar-refractivity contribution in [2.45, 2.75) is 0 Å². The molecule has 2 heteroatoms. The minimum atomic E-state index is -0.0132. The quantitative estimate of drug-likeness (QED) is 0.489. The number of hydrogen-bond acceptors (Lipinski definition) is 2. The molecule has 0 radical (unpaired) electrons. The van der Waals surface area contributed by atoms with Crippen LogP contribution in [0.25, 0.3) is 34.2 Å². The van der Waals surface area contributed by atoms with E-state index in [2.05, 4.69) is 0 Å². The highest BCUT2D eigenvalue weighted by molar-refractivity contribution is 5.87. The van der Waals surface area contributed by atoms with E-state index in [0.717, 1.165) is 11.1 Å². The number of fused-ring (bicyclic) bond motifs is 1. The molecule has 0 aliphatic carbocycles. The van der Waals surface area contributed by atoms with E-state index in [-0.39, 0.29) is 5.43 Å². The third-order valence-electron chi connectivity index (χ3n) is 4.11. The average Bonchev–Trinajstić information content (AvgIpc) is 2.68. The summed E-state index contributed by atoms with van der Waals surface area (Å²) < 4.78 is 6.06. The third kappa shape index (κ3) is 3.02. The van der Waals surface area contributed by atoms with Crippen molar-refractivity contribution in [1.29, 1.82) is 0 Å². The van der Waals surface area contributed by atoms with Gasteiger partial charge in [0.05, 0.1) is 10.9 Å². The molecular formula is C23H16O2. The predicted octanol–water partition coefficient (Wildman–Crippen LogP) is 5.63. The van der Waals surface area contributed by atoms with E-state index in [1.165, 1.54) is 0 Å². The van der Waals surface area contributed by atoms with Crippen LogP contribution in [0, 0.1) is 0 Å². The summed E-state index contributed by atoms with van der Waals surface area (Å²) in [5.74, 6) is 0.568. The molecule has 0 amide bonds. The molecule has 0 aliphatic rings. The van der Waals surface area contributed by atoms with Crippen molar-refractivity contribution in [3.8, 4) is 11.1 Å². The molecule has 2 nitrogen and oxygen atoms in total. The SMILES string of the molecule is O=c1c(-c2ccccc2)c(/C=C/c2ccccc2)oc2ccccc12. The van der Waals surface area contributed by atoms with Gasteiger partial charge in [-0.2, -0.15) is 0 Å². The van der Waals surface area contributed by atoms with Crippen LogP contribution < -0.4 is 5.43 Å². The molecule has 1 heterocycles. The van der Waals surface area contributed by atoms with Crippen LogP contribution in [0.3, 0.4) is 0 Å². The molecule has 25 heavy (non-hydrogen) atoms. The number of para-hydroxylation sites is 1. The summed E-state index contributed by atoms with van der Waals surface area (Å²) in [5.41, 5.74) is 3.08. The maximum absolute atomic E-state index is 13.1. The minimum absolute atomic E-state index is 0.0132. The van der Waals surface area contributed by atoms with Gasteiger partial charge < -0.3 is 4.42 Å². The number of hydrogen-bond donors (Lipinski definition) is 0. The minimum Gasteiger partial charge on any atom is -0.456 e. The highest BCUT2D eigenvalue weighted by Gasteiger charge is 2.14. The Morgan fingerprint density at radius 1 is 0.680 bits per heavy atom. The fourth-order valence-corrected chi connectivity index (χ4v) is 2.89. The zero-order valence-corrected chi connectivity index (χ0v) is 13.6. The lowest BCUT2D eigenvalue weighted by molar-refractivity contribution is 0.593. The molecule has 0 saturated heterocycles. The highest BCUT2D eigenvalue weighted by Crippen LogP contribution is 2.26. The Kier molecular flexibility index (Phi) is 4.01. The van der Waals surface area contributed by atoms with Gasteiger partial charge in [0.25, 0.3) is 0 Å². The van der Waals surface area contributed by atoms with Crippen LogP contribution in [0.4, 0.5) is 0 Å². The average molecular weight is 324 g/mol. The molecule has 4 rings (SSSR count). The molecule has 0 N–H and O–H groups in total. The van der Waals surface area contributed by atoms with Gasteiger partial charge in [-0.3, -0.25) is 4.79 Å². The molecule has 120 valence electrons. The molecule has 0 aliphatic heterocycles. The normalized spacial score (nSPS) is 11.2. The fraction of sp³-hybridized carbons (Fsp3) is 0. The first-order valence-corrected chi connectivity index (χ1v) is 8.17. The van der Waals surface area contributed by atoms with Gasteiger partial charge in [-0.15, -0.1) is 0 Å². The van der Waals surface area contributed by atoms with Crippen molar-refractivity contribution >= 4 is 23.1 Å². The largest absolute Gasteiger partial charge is 0.456 e. The first kappa shape index (κ1) is 15.2. The second-order valence-corrected chi connectivity index (χ2v) is 5.78. The van der Waals surface area contributed by atoms with Crippen LogP contribution in [0.5, 0.6) is 0 Å². The summed E-state index contributed by atoms with van der Waals surface area (Å²) in [6, 6.07) is 27.0. The molecule has 0 spiro atoms. The third-order valence-corrected chi connectivity index (χ3v) is 4.11. The van der Waals surface area contributed by atoms with E-state index in [0.29, 0.717) is 22.3 Å². The number of rotatable bonds is 3.